The maximum absolute atomic E-state index is 2.49. The van der Waals surface area contributed by atoms with Crippen molar-refractivity contribution in [2.24, 2.45) is 0 Å². The molecule has 0 aliphatic rings. The molecule has 0 atom stereocenters. The van der Waals surface area contributed by atoms with Crippen molar-refractivity contribution in [3.05, 3.63) is 144 Å². The predicted octanol–water partition coefficient (Wildman–Crippen LogP) is 16.5. The van der Waals surface area contributed by atoms with Gasteiger partial charge in [-0.15, -0.1) is 0 Å². The van der Waals surface area contributed by atoms with Gasteiger partial charge in [-0.25, -0.2) is 0 Å². The van der Waals surface area contributed by atoms with Crippen molar-refractivity contribution in [2.45, 2.75) is 79.1 Å². The molecule has 264 valence electrons. The minimum absolute atomic E-state index is 0.409. The van der Waals surface area contributed by atoms with Crippen LogP contribution in [-0.2, 0) is 0 Å². The summed E-state index contributed by atoms with van der Waals surface area (Å²) >= 11 is 0. The van der Waals surface area contributed by atoms with Crippen LogP contribution in [0.4, 0.5) is 0 Å². The molecule has 0 nitrogen and oxygen atoms in total. The third kappa shape index (κ3) is 4.75. The van der Waals surface area contributed by atoms with E-state index in [1.807, 2.05) is 0 Å². The summed E-state index contributed by atoms with van der Waals surface area (Å²) in [5, 5.41) is 19.1. The van der Waals surface area contributed by atoms with Gasteiger partial charge in [0.1, 0.15) is 0 Å². The summed E-state index contributed by atoms with van der Waals surface area (Å²) in [4.78, 5) is 0. The summed E-state index contributed by atoms with van der Waals surface area (Å²) in [6, 6.07) is 47.6. The number of benzene rings is 10. The molecule has 0 saturated carbocycles. The molecule has 0 heterocycles. The largest absolute Gasteiger partial charge is 0.0587 e. The Hall–Kier alpha value is -5.46. The zero-order valence-electron chi connectivity index (χ0n) is 32.9. The molecule has 0 bridgehead atoms. The van der Waals surface area contributed by atoms with Gasteiger partial charge >= 0.3 is 0 Å². The lowest BCUT2D eigenvalue weighted by atomic mass is 9.82. The van der Waals surface area contributed by atoms with E-state index in [0.29, 0.717) is 23.7 Å². The first-order valence-electron chi connectivity index (χ1n) is 20.1. The van der Waals surface area contributed by atoms with E-state index >= 15 is 0 Å². The molecule has 0 spiro atoms. The quantitative estimate of drug-likeness (QED) is 0.152. The smallest absolute Gasteiger partial charge is 0.00176 e. The lowest BCUT2D eigenvalue weighted by Gasteiger charge is -2.22. The van der Waals surface area contributed by atoms with Crippen molar-refractivity contribution in [3.8, 4) is 22.3 Å². The van der Waals surface area contributed by atoms with Crippen LogP contribution in [0.1, 0.15) is 101 Å². The van der Waals surface area contributed by atoms with E-state index in [1.165, 1.54) is 120 Å². The highest BCUT2D eigenvalue weighted by molar-refractivity contribution is 6.28. The summed E-state index contributed by atoms with van der Waals surface area (Å²) in [5.74, 6) is 1.75. The SMILES string of the molecule is CC(C)c1ccc2ccc3c(C(C)C)cc(-c4ccc5ccc(-c6cc(C(C)C)c7ccc8ccc(C(C)C)c9ccc6c7c89)cc5c4)c4ccc1c2c43. The molecule has 0 saturated heterocycles. The van der Waals surface area contributed by atoms with Gasteiger partial charge in [-0.3, -0.25) is 0 Å². The van der Waals surface area contributed by atoms with Crippen LogP contribution in [0.5, 0.6) is 0 Å². The molecule has 0 amide bonds. The molecule has 0 unspecified atom stereocenters. The van der Waals surface area contributed by atoms with Crippen molar-refractivity contribution in [2.75, 3.05) is 0 Å². The van der Waals surface area contributed by atoms with E-state index in [1.54, 1.807) is 0 Å². The van der Waals surface area contributed by atoms with Crippen LogP contribution in [0.25, 0.3) is 97.7 Å². The maximum Gasteiger partial charge on any atom is -0.00176 e. The lowest BCUT2D eigenvalue weighted by Crippen LogP contribution is -1.97. The maximum atomic E-state index is 2.49. The lowest BCUT2D eigenvalue weighted by molar-refractivity contribution is 0.876. The van der Waals surface area contributed by atoms with Gasteiger partial charge in [0.25, 0.3) is 0 Å². The Morgan fingerprint density at radius 1 is 0.259 bits per heavy atom. The molecule has 10 aromatic rings. The topological polar surface area (TPSA) is 0 Å². The Balaban J connectivity index is 1.22. The first-order chi connectivity index (χ1) is 26.1. The second-order valence-corrected chi connectivity index (χ2v) is 17.2. The van der Waals surface area contributed by atoms with Crippen LogP contribution in [0, 0.1) is 0 Å². The second kappa shape index (κ2) is 12.0. The average Bonchev–Trinajstić information content (AvgIpc) is 3.17. The van der Waals surface area contributed by atoms with Gasteiger partial charge in [0.05, 0.1) is 0 Å². The normalized spacial score (nSPS) is 12.7. The third-order valence-electron chi connectivity index (χ3n) is 12.6. The van der Waals surface area contributed by atoms with Gasteiger partial charge in [0.15, 0.2) is 0 Å². The summed E-state index contributed by atoms with van der Waals surface area (Å²) in [5.41, 5.74) is 10.9. The Bertz CT molecular complexity index is 2890. The molecule has 0 heteroatoms. The standard InChI is InChI=1S/C54H48/c1-29(2)39-17-13-34-15-19-43-47(31(5)6)27-49(45-23-21-41(39)51(34)53(43)45)36-11-9-33-10-12-37(26-38(33)25-36)50-28-48(32(7)8)44-20-16-35-14-18-40(30(3)4)42-22-24-46(50)54(44)52(35)42/h9-32H,1-8H3. The van der Waals surface area contributed by atoms with Crippen molar-refractivity contribution in [1.29, 1.82) is 0 Å². The van der Waals surface area contributed by atoms with E-state index in [2.05, 4.69) is 177 Å². The molecule has 10 rings (SSSR count). The van der Waals surface area contributed by atoms with Crippen molar-refractivity contribution >= 4 is 75.4 Å². The molecular weight excluding hydrogens is 649 g/mol. The zero-order valence-corrected chi connectivity index (χ0v) is 32.9. The van der Waals surface area contributed by atoms with Crippen LogP contribution >= 0.6 is 0 Å². The highest BCUT2D eigenvalue weighted by Crippen LogP contribution is 2.47. The monoisotopic (exact) mass is 696 g/mol. The molecular formula is C54H48. The number of hydrogen-bond donors (Lipinski definition) is 0. The van der Waals surface area contributed by atoms with Gasteiger partial charge in [0.2, 0.25) is 0 Å². The van der Waals surface area contributed by atoms with E-state index in [-0.39, 0.29) is 0 Å². The molecule has 54 heavy (non-hydrogen) atoms. The minimum Gasteiger partial charge on any atom is -0.0587 e. The fourth-order valence-corrected chi connectivity index (χ4v) is 9.92. The van der Waals surface area contributed by atoms with Crippen LogP contribution in [-0.4, -0.2) is 0 Å². The van der Waals surface area contributed by atoms with E-state index in [0.717, 1.165) is 0 Å². The third-order valence-corrected chi connectivity index (χ3v) is 12.6. The zero-order chi connectivity index (χ0) is 37.2. The molecule has 0 aliphatic heterocycles. The van der Waals surface area contributed by atoms with Crippen molar-refractivity contribution < 1.29 is 0 Å². The van der Waals surface area contributed by atoms with Crippen molar-refractivity contribution in [3.63, 3.8) is 0 Å². The Morgan fingerprint density at radius 3 is 1.00 bits per heavy atom. The van der Waals surface area contributed by atoms with E-state index < -0.39 is 0 Å². The Morgan fingerprint density at radius 2 is 0.593 bits per heavy atom. The van der Waals surface area contributed by atoms with Crippen LogP contribution in [0.15, 0.2) is 121 Å². The Labute approximate surface area is 319 Å². The first kappa shape index (κ1) is 33.1. The van der Waals surface area contributed by atoms with Crippen LogP contribution in [0.2, 0.25) is 0 Å². The summed E-state index contributed by atoms with van der Waals surface area (Å²) in [6.45, 7) is 18.6. The summed E-state index contributed by atoms with van der Waals surface area (Å²) < 4.78 is 0. The second-order valence-electron chi connectivity index (χ2n) is 17.2. The van der Waals surface area contributed by atoms with Gasteiger partial charge in [-0.05, 0) is 168 Å². The molecule has 0 radical (unpaired) electrons. The first-order valence-corrected chi connectivity index (χ1v) is 20.1. The predicted molar refractivity (Wildman–Crippen MR) is 239 cm³/mol. The fraction of sp³-hybridized carbons (Fsp3) is 0.222. The fourth-order valence-electron chi connectivity index (χ4n) is 9.92. The Kier molecular flexibility index (Phi) is 7.38. The average molecular weight is 697 g/mol. The molecule has 0 aromatic heterocycles. The van der Waals surface area contributed by atoms with E-state index in [4.69, 9.17) is 0 Å². The van der Waals surface area contributed by atoms with E-state index in [9.17, 15) is 0 Å². The van der Waals surface area contributed by atoms with Crippen molar-refractivity contribution in [1.82, 2.24) is 0 Å². The molecule has 0 aliphatic carbocycles. The van der Waals surface area contributed by atoms with Gasteiger partial charge in [-0.2, -0.15) is 0 Å². The highest BCUT2D eigenvalue weighted by Gasteiger charge is 2.21. The number of rotatable bonds is 6. The summed E-state index contributed by atoms with van der Waals surface area (Å²) in [7, 11) is 0. The van der Waals surface area contributed by atoms with Gasteiger partial charge in [-0.1, -0.05) is 152 Å². The number of fused-ring (bicyclic) bond motifs is 1. The molecule has 0 N–H and O–H groups in total. The van der Waals surface area contributed by atoms with Crippen LogP contribution < -0.4 is 0 Å². The van der Waals surface area contributed by atoms with Gasteiger partial charge < -0.3 is 0 Å². The van der Waals surface area contributed by atoms with Crippen LogP contribution in [0.3, 0.4) is 0 Å². The number of hydrogen-bond acceptors (Lipinski definition) is 0. The molecule has 0 fully saturated rings. The minimum atomic E-state index is 0.409. The molecule has 10 aromatic carbocycles. The summed E-state index contributed by atoms with van der Waals surface area (Å²) in [6.07, 6.45) is 0. The highest BCUT2D eigenvalue weighted by atomic mass is 14.2. The van der Waals surface area contributed by atoms with Gasteiger partial charge in [0, 0.05) is 0 Å².